The number of aromatic nitrogens is 1. The highest BCUT2D eigenvalue weighted by molar-refractivity contribution is 7.13. The maximum atomic E-state index is 12.8. The van der Waals surface area contributed by atoms with Crippen molar-refractivity contribution >= 4 is 22.4 Å². The molecule has 0 saturated carbocycles. The molecule has 0 spiro atoms. The Bertz CT molecular complexity index is 554. The van der Waals surface area contributed by atoms with Gasteiger partial charge in [0.05, 0.1) is 12.3 Å². The number of nitrogens with zero attached hydrogens (tertiary/aromatic N) is 3. The molecule has 1 amide bonds. The molecule has 6 heteroatoms. The lowest BCUT2D eigenvalue weighted by molar-refractivity contribution is -0.140. The molecule has 2 saturated heterocycles. The minimum atomic E-state index is -0.118. The van der Waals surface area contributed by atoms with Crippen molar-refractivity contribution in [2.75, 3.05) is 37.7 Å². The first kappa shape index (κ1) is 16.7. The second kappa shape index (κ2) is 6.77. The van der Waals surface area contributed by atoms with Crippen LogP contribution >= 0.6 is 11.3 Å². The van der Waals surface area contributed by atoms with Gasteiger partial charge in [-0.2, -0.15) is 0 Å². The van der Waals surface area contributed by atoms with Gasteiger partial charge in [0, 0.05) is 42.9 Å². The maximum Gasteiger partial charge on any atom is 0.225 e. The van der Waals surface area contributed by atoms with Crippen LogP contribution in [0.15, 0.2) is 5.38 Å². The SMILES string of the molecule is Cc1csc(N2CCC(C(=O)N3CCC[C@](C)(CO)C3)CC2)n1. The second-order valence-electron chi connectivity index (χ2n) is 7.36. The molecule has 3 heterocycles. The van der Waals surface area contributed by atoms with Crippen LogP contribution in [0.4, 0.5) is 5.13 Å². The molecule has 1 aromatic heterocycles. The van der Waals surface area contributed by atoms with Crippen LogP contribution in [0, 0.1) is 18.3 Å². The smallest absolute Gasteiger partial charge is 0.225 e. The summed E-state index contributed by atoms with van der Waals surface area (Å²) in [5.41, 5.74) is 0.951. The van der Waals surface area contributed by atoms with Crippen molar-refractivity contribution in [2.45, 2.75) is 39.5 Å². The summed E-state index contributed by atoms with van der Waals surface area (Å²) < 4.78 is 0. The van der Waals surface area contributed by atoms with E-state index in [1.807, 2.05) is 11.8 Å². The van der Waals surface area contributed by atoms with Crippen molar-refractivity contribution in [3.05, 3.63) is 11.1 Å². The van der Waals surface area contributed by atoms with Gasteiger partial charge in [0.25, 0.3) is 0 Å². The molecule has 1 atom stereocenters. The van der Waals surface area contributed by atoms with E-state index in [-0.39, 0.29) is 17.9 Å². The van der Waals surface area contributed by atoms with E-state index in [1.165, 1.54) is 0 Å². The van der Waals surface area contributed by atoms with Gasteiger partial charge in [0.15, 0.2) is 5.13 Å². The minimum absolute atomic E-state index is 0.118. The Balaban J connectivity index is 1.56. The Morgan fingerprint density at radius 3 is 2.78 bits per heavy atom. The third-order valence-corrected chi connectivity index (χ3v) is 6.22. The number of hydrogen-bond acceptors (Lipinski definition) is 5. The first-order valence-electron chi connectivity index (χ1n) is 8.57. The zero-order valence-electron chi connectivity index (χ0n) is 14.1. The summed E-state index contributed by atoms with van der Waals surface area (Å²) in [7, 11) is 0. The number of hydrogen-bond donors (Lipinski definition) is 1. The van der Waals surface area contributed by atoms with E-state index >= 15 is 0 Å². The van der Waals surface area contributed by atoms with Crippen molar-refractivity contribution in [3.8, 4) is 0 Å². The highest BCUT2D eigenvalue weighted by atomic mass is 32.1. The molecule has 2 aliphatic heterocycles. The fraction of sp³-hybridized carbons (Fsp3) is 0.765. The molecule has 2 aliphatic rings. The fourth-order valence-corrected chi connectivity index (χ4v) is 4.55. The first-order valence-corrected chi connectivity index (χ1v) is 9.45. The molecule has 0 aromatic carbocycles. The summed E-state index contributed by atoms with van der Waals surface area (Å²) in [5, 5.41) is 12.7. The average Bonchev–Trinajstić information content (AvgIpc) is 3.01. The number of amides is 1. The van der Waals surface area contributed by atoms with Gasteiger partial charge in [0.1, 0.15) is 0 Å². The van der Waals surface area contributed by atoms with Crippen LogP contribution in [0.25, 0.3) is 0 Å². The zero-order chi connectivity index (χ0) is 16.4. The normalized spacial score (nSPS) is 26.6. The predicted octanol–water partition coefficient (Wildman–Crippen LogP) is 2.29. The van der Waals surface area contributed by atoms with Gasteiger partial charge in [-0.3, -0.25) is 4.79 Å². The van der Waals surface area contributed by atoms with E-state index in [0.717, 1.165) is 56.1 Å². The fourth-order valence-electron chi connectivity index (χ4n) is 3.70. The van der Waals surface area contributed by atoms with E-state index in [0.29, 0.717) is 12.5 Å². The van der Waals surface area contributed by atoms with Gasteiger partial charge in [-0.05, 0) is 32.6 Å². The van der Waals surface area contributed by atoms with Crippen LogP contribution in [0.5, 0.6) is 0 Å². The van der Waals surface area contributed by atoms with E-state index in [2.05, 4.69) is 22.2 Å². The van der Waals surface area contributed by atoms with Gasteiger partial charge in [-0.25, -0.2) is 4.98 Å². The van der Waals surface area contributed by atoms with Crippen molar-refractivity contribution < 1.29 is 9.90 Å². The number of carbonyl (C=O) groups excluding carboxylic acids is 1. The number of likely N-dealkylation sites (tertiary alicyclic amines) is 1. The zero-order valence-corrected chi connectivity index (χ0v) is 14.9. The second-order valence-corrected chi connectivity index (χ2v) is 8.20. The van der Waals surface area contributed by atoms with Gasteiger partial charge in [0.2, 0.25) is 5.91 Å². The molecule has 23 heavy (non-hydrogen) atoms. The van der Waals surface area contributed by atoms with Crippen molar-refractivity contribution in [2.24, 2.45) is 11.3 Å². The van der Waals surface area contributed by atoms with E-state index < -0.39 is 0 Å². The van der Waals surface area contributed by atoms with Crippen LogP contribution in [0.1, 0.15) is 38.3 Å². The number of thiazole rings is 1. The molecule has 1 aromatic rings. The van der Waals surface area contributed by atoms with Crippen molar-refractivity contribution in [1.82, 2.24) is 9.88 Å². The number of aliphatic hydroxyl groups excluding tert-OH is 1. The number of aryl methyl sites for hydroxylation is 1. The summed E-state index contributed by atoms with van der Waals surface area (Å²) in [6.45, 7) is 7.64. The molecule has 5 nitrogen and oxygen atoms in total. The summed E-state index contributed by atoms with van der Waals surface area (Å²) in [6.07, 6.45) is 3.82. The molecule has 0 aliphatic carbocycles. The molecular formula is C17H27N3O2S. The van der Waals surface area contributed by atoms with Crippen LogP contribution in [-0.4, -0.2) is 53.7 Å². The van der Waals surface area contributed by atoms with Gasteiger partial charge >= 0.3 is 0 Å². The standard InChI is InChI=1S/C17H27N3O2S/c1-13-10-23-16(18-13)19-8-4-14(5-9-19)15(22)20-7-3-6-17(2,11-20)12-21/h10,14,21H,3-9,11-12H2,1-2H3/t17-/m0/s1. The van der Waals surface area contributed by atoms with Gasteiger partial charge in [-0.15, -0.1) is 11.3 Å². The highest BCUT2D eigenvalue weighted by Gasteiger charge is 2.36. The Hall–Kier alpha value is -1.14. The minimum Gasteiger partial charge on any atom is -0.396 e. The number of anilines is 1. The number of aliphatic hydroxyl groups is 1. The number of piperidine rings is 2. The van der Waals surface area contributed by atoms with E-state index in [9.17, 15) is 9.90 Å². The molecule has 0 unspecified atom stereocenters. The van der Waals surface area contributed by atoms with Gasteiger partial charge in [-0.1, -0.05) is 6.92 Å². The van der Waals surface area contributed by atoms with Gasteiger partial charge < -0.3 is 14.9 Å². The Kier molecular flexibility index (Phi) is 4.92. The number of carbonyl (C=O) groups is 1. The van der Waals surface area contributed by atoms with Crippen molar-refractivity contribution in [3.63, 3.8) is 0 Å². The summed E-state index contributed by atoms with van der Waals surface area (Å²) in [6, 6.07) is 0. The molecule has 128 valence electrons. The third-order valence-electron chi connectivity index (χ3n) is 5.20. The quantitative estimate of drug-likeness (QED) is 0.919. The summed E-state index contributed by atoms with van der Waals surface area (Å²) in [4.78, 5) is 21.7. The lowest BCUT2D eigenvalue weighted by Gasteiger charge is -2.41. The van der Waals surface area contributed by atoms with E-state index in [1.54, 1.807) is 11.3 Å². The van der Waals surface area contributed by atoms with Crippen LogP contribution in [0.3, 0.4) is 0 Å². The molecule has 1 N–H and O–H groups in total. The number of rotatable bonds is 3. The maximum absolute atomic E-state index is 12.8. The summed E-state index contributed by atoms with van der Waals surface area (Å²) in [5.74, 6) is 0.424. The Morgan fingerprint density at radius 2 is 2.17 bits per heavy atom. The molecule has 0 radical (unpaired) electrons. The molecule has 0 bridgehead atoms. The lowest BCUT2D eigenvalue weighted by Crippen LogP contribution is -2.50. The predicted molar refractivity (Wildman–Crippen MR) is 92.8 cm³/mol. The molecule has 2 fully saturated rings. The highest BCUT2D eigenvalue weighted by Crippen LogP contribution is 2.32. The molecular weight excluding hydrogens is 310 g/mol. The van der Waals surface area contributed by atoms with Crippen LogP contribution < -0.4 is 4.90 Å². The van der Waals surface area contributed by atoms with Crippen LogP contribution in [-0.2, 0) is 4.79 Å². The summed E-state index contributed by atoms with van der Waals surface area (Å²) >= 11 is 1.69. The monoisotopic (exact) mass is 337 g/mol. The third kappa shape index (κ3) is 3.69. The largest absolute Gasteiger partial charge is 0.396 e. The lowest BCUT2D eigenvalue weighted by atomic mass is 9.82. The Morgan fingerprint density at radius 1 is 1.43 bits per heavy atom. The topological polar surface area (TPSA) is 56.7 Å². The van der Waals surface area contributed by atoms with E-state index in [4.69, 9.17) is 0 Å². The van der Waals surface area contributed by atoms with Crippen LogP contribution in [0.2, 0.25) is 0 Å². The van der Waals surface area contributed by atoms with Crippen molar-refractivity contribution in [1.29, 1.82) is 0 Å². The Labute approximate surface area is 142 Å². The first-order chi connectivity index (χ1) is 11.0. The average molecular weight is 337 g/mol. The molecule has 3 rings (SSSR count).